The number of hydrogen-bond acceptors (Lipinski definition) is 5. The molecule has 0 radical (unpaired) electrons. The average molecular weight is 558 g/mol. The van der Waals surface area contributed by atoms with Crippen LogP contribution in [0.15, 0.2) is 91.1 Å². The quantitative estimate of drug-likeness (QED) is 0.148. The smallest absolute Gasteiger partial charge is 0.338 e. The van der Waals surface area contributed by atoms with Gasteiger partial charge in [-0.2, -0.15) is 0 Å². The van der Waals surface area contributed by atoms with E-state index >= 15 is 0 Å². The third kappa shape index (κ3) is 6.44. The summed E-state index contributed by atoms with van der Waals surface area (Å²) in [6, 6.07) is 28.1. The van der Waals surface area contributed by atoms with Crippen LogP contribution in [0.4, 0.5) is 5.69 Å². The highest BCUT2D eigenvalue weighted by Gasteiger charge is 2.12. The van der Waals surface area contributed by atoms with Gasteiger partial charge in [0.05, 0.1) is 30.7 Å². The van der Waals surface area contributed by atoms with Gasteiger partial charge in [0.25, 0.3) is 0 Å². The van der Waals surface area contributed by atoms with Crippen molar-refractivity contribution in [3.05, 3.63) is 125 Å². The maximum absolute atomic E-state index is 12.1. The highest BCUT2D eigenvalue weighted by molar-refractivity contribution is 5.89. The highest BCUT2D eigenvalue weighted by Crippen LogP contribution is 2.29. The lowest BCUT2D eigenvalue weighted by atomic mass is 10.0. The molecule has 0 aliphatic heterocycles. The van der Waals surface area contributed by atoms with Gasteiger partial charge in [0.1, 0.15) is 11.6 Å². The Bertz CT molecular complexity index is 1730. The molecule has 0 saturated carbocycles. The summed E-state index contributed by atoms with van der Waals surface area (Å²) in [5, 5.41) is 0. The third-order valence-electron chi connectivity index (χ3n) is 7.19. The zero-order valence-electron chi connectivity index (χ0n) is 24.4. The number of rotatable bonds is 9. The molecule has 0 aliphatic carbocycles. The van der Waals surface area contributed by atoms with E-state index in [0.29, 0.717) is 30.2 Å². The molecule has 0 spiro atoms. The number of esters is 1. The molecule has 0 bridgehead atoms. The summed E-state index contributed by atoms with van der Waals surface area (Å²) in [6.45, 7) is 6.98. The number of benzene rings is 4. The van der Waals surface area contributed by atoms with Crippen molar-refractivity contribution in [2.45, 2.75) is 27.3 Å². The first kappa shape index (κ1) is 28.4. The van der Waals surface area contributed by atoms with Gasteiger partial charge < -0.3 is 19.8 Å². The fourth-order valence-electron chi connectivity index (χ4n) is 4.93. The molecule has 6 heteroatoms. The number of carbonyl (C=O) groups excluding carboxylic acids is 1. The monoisotopic (exact) mass is 557 g/mol. The van der Waals surface area contributed by atoms with Gasteiger partial charge in [-0.05, 0) is 78.9 Å². The summed E-state index contributed by atoms with van der Waals surface area (Å²) in [4.78, 5) is 17.1. The minimum atomic E-state index is -0.311. The van der Waals surface area contributed by atoms with Crippen LogP contribution < -0.4 is 10.5 Å². The van der Waals surface area contributed by atoms with Crippen molar-refractivity contribution in [1.29, 1.82) is 0 Å². The zero-order chi connectivity index (χ0) is 29.6. The topological polar surface area (TPSA) is 79.4 Å². The van der Waals surface area contributed by atoms with Crippen LogP contribution in [0.2, 0.25) is 0 Å². The Kier molecular flexibility index (Phi) is 8.53. The molecule has 0 amide bonds. The molecule has 42 heavy (non-hydrogen) atoms. The molecule has 212 valence electrons. The van der Waals surface area contributed by atoms with Crippen LogP contribution in [0.1, 0.15) is 45.4 Å². The first-order valence-electron chi connectivity index (χ1n) is 14.0. The van der Waals surface area contributed by atoms with E-state index in [0.717, 1.165) is 39.3 Å². The fraction of sp³-hybridized carbons (Fsp3) is 0.167. The summed E-state index contributed by atoms with van der Waals surface area (Å²) in [6.07, 6.45) is 6.21. The van der Waals surface area contributed by atoms with E-state index < -0.39 is 0 Å². The average Bonchev–Trinajstić information content (AvgIpc) is 3.39. The third-order valence-corrected chi connectivity index (χ3v) is 7.19. The van der Waals surface area contributed by atoms with Gasteiger partial charge in [-0.25, -0.2) is 9.78 Å². The lowest BCUT2D eigenvalue weighted by Crippen LogP contribution is -2.05. The zero-order valence-corrected chi connectivity index (χ0v) is 24.4. The fourth-order valence-corrected chi connectivity index (χ4v) is 4.93. The minimum absolute atomic E-state index is 0.311. The number of nitrogens with zero attached hydrogens (tertiary/aromatic N) is 2. The van der Waals surface area contributed by atoms with E-state index in [1.54, 1.807) is 14.0 Å². The first-order chi connectivity index (χ1) is 20.3. The van der Waals surface area contributed by atoms with E-state index in [1.165, 1.54) is 11.1 Å². The number of carbonyl (C=O) groups is 1. The lowest BCUT2D eigenvalue weighted by Gasteiger charge is -2.08. The molecule has 2 N–H and O–H groups in total. The second-order valence-corrected chi connectivity index (χ2v) is 10.3. The summed E-state index contributed by atoms with van der Waals surface area (Å²) in [7, 11) is 1.62. The number of anilines is 1. The molecule has 1 aromatic heterocycles. The van der Waals surface area contributed by atoms with Crippen LogP contribution in [0.5, 0.6) is 5.75 Å². The van der Waals surface area contributed by atoms with Crippen molar-refractivity contribution < 1.29 is 14.3 Å². The van der Waals surface area contributed by atoms with Crippen molar-refractivity contribution in [1.82, 2.24) is 9.55 Å². The van der Waals surface area contributed by atoms with E-state index in [-0.39, 0.29) is 5.97 Å². The summed E-state index contributed by atoms with van der Waals surface area (Å²) in [5.41, 5.74) is 15.8. The molecular formula is C36H35N3O3. The van der Waals surface area contributed by atoms with Crippen molar-refractivity contribution in [3.8, 4) is 28.1 Å². The largest absolute Gasteiger partial charge is 0.495 e. The second kappa shape index (κ2) is 12.6. The van der Waals surface area contributed by atoms with Gasteiger partial charge in [-0.1, -0.05) is 72.3 Å². The van der Waals surface area contributed by atoms with Gasteiger partial charge in [-0.15, -0.1) is 0 Å². The van der Waals surface area contributed by atoms with Gasteiger partial charge in [-0.3, -0.25) is 0 Å². The Morgan fingerprint density at radius 2 is 1.64 bits per heavy atom. The standard InChI is InChI=1S/C36H35N3O3/c1-5-42-36(40)29-14-9-27(10-15-29)22-39-23-33(31-17-6-24(2)20-25(31)3)38-35(39)19-11-26-7-12-28(13-8-26)30-16-18-32(37)34(21-30)41-4/h6-21,23H,5,22,37H2,1-4H3/b19-11+. The molecule has 5 aromatic rings. The van der Waals surface area contributed by atoms with Gasteiger partial charge >= 0.3 is 5.97 Å². The van der Waals surface area contributed by atoms with Crippen LogP contribution in [0.25, 0.3) is 34.5 Å². The first-order valence-corrected chi connectivity index (χ1v) is 14.0. The van der Waals surface area contributed by atoms with Crippen LogP contribution >= 0.6 is 0 Å². The second-order valence-electron chi connectivity index (χ2n) is 10.3. The van der Waals surface area contributed by atoms with Crippen molar-refractivity contribution >= 4 is 23.8 Å². The maximum atomic E-state index is 12.1. The Morgan fingerprint density at radius 3 is 2.33 bits per heavy atom. The minimum Gasteiger partial charge on any atom is -0.495 e. The van der Waals surface area contributed by atoms with Crippen LogP contribution in [-0.2, 0) is 11.3 Å². The predicted octanol–water partition coefficient (Wildman–Crippen LogP) is 7.82. The number of nitrogen functional groups attached to an aromatic ring is 1. The Hall–Kier alpha value is -5.10. The Labute approximate surface area is 247 Å². The number of aryl methyl sites for hydroxylation is 2. The van der Waals surface area contributed by atoms with E-state index in [1.807, 2.05) is 48.5 Å². The SMILES string of the molecule is CCOC(=O)c1ccc(Cn2cc(-c3ccc(C)cc3C)nc2/C=C/c2ccc(-c3ccc(N)c(OC)c3)cc2)cc1. The number of nitrogens with two attached hydrogens (primary N) is 1. The van der Waals surface area contributed by atoms with Crippen LogP contribution in [0.3, 0.4) is 0 Å². The molecule has 5 rings (SSSR count). The molecule has 0 unspecified atom stereocenters. The highest BCUT2D eigenvalue weighted by atomic mass is 16.5. The van der Waals surface area contributed by atoms with Gasteiger partial charge in [0.15, 0.2) is 0 Å². The molecule has 6 nitrogen and oxygen atoms in total. The number of ether oxygens (including phenoxy) is 2. The molecule has 1 heterocycles. The molecule has 0 saturated heterocycles. The van der Waals surface area contributed by atoms with Crippen LogP contribution in [-0.4, -0.2) is 29.2 Å². The summed E-state index contributed by atoms with van der Waals surface area (Å²) in [5.74, 6) is 1.19. The lowest BCUT2D eigenvalue weighted by molar-refractivity contribution is 0.0526. The summed E-state index contributed by atoms with van der Waals surface area (Å²) < 4.78 is 12.6. The molecule has 0 fully saturated rings. The predicted molar refractivity (Wildman–Crippen MR) is 170 cm³/mol. The van der Waals surface area contributed by atoms with Crippen molar-refractivity contribution in [2.24, 2.45) is 0 Å². The molecule has 0 atom stereocenters. The number of hydrogen-bond donors (Lipinski definition) is 1. The number of imidazole rings is 1. The molecular weight excluding hydrogens is 522 g/mol. The van der Waals surface area contributed by atoms with Crippen molar-refractivity contribution in [3.63, 3.8) is 0 Å². The van der Waals surface area contributed by atoms with E-state index in [9.17, 15) is 4.79 Å². The molecule has 0 aliphatic rings. The summed E-state index contributed by atoms with van der Waals surface area (Å²) >= 11 is 0. The Balaban J connectivity index is 1.43. The van der Waals surface area contributed by atoms with E-state index in [2.05, 4.69) is 73.2 Å². The number of methoxy groups -OCH3 is 1. The normalized spacial score (nSPS) is 11.1. The van der Waals surface area contributed by atoms with Gasteiger partial charge in [0, 0.05) is 18.3 Å². The van der Waals surface area contributed by atoms with Crippen molar-refractivity contribution in [2.75, 3.05) is 19.5 Å². The van der Waals surface area contributed by atoms with E-state index in [4.69, 9.17) is 20.2 Å². The number of aromatic nitrogens is 2. The Morgan fingerprint density at radius 1 is 0.905 bits per heavy atom. The van der Waals surface area contributed by atoms with Gasteiger partial charge in [0.2, 0.25) is 0 Å². The van der Waals surface area contributed by atoms with Crippen LogP contribution in [0, 0.1) is 13.8 Å². The maximum Gasteiger partial charge on any atom is 0.338 e. The molecule has 4 aromatic carbocycles.